The van der Waals surface area contributed by atoms with Crippen molar-refractivity contribution in [2.45, 2.75) is 24.8 Å². The van der Waals surface area contributed by atoms with Gasteiger partial charge in [-0.2, -0.15) is 0 Å². The van der Waals surface area contributed by atoms with Gasteiger partial charge in [-0.3, -0.25) is 0 Å². The van der Waals surface area contributed by atoms with Crippen LogP contribution in [0.5, 0.6) is 11.5 Å². The Balaban J connectivity index is 1.99. The van der Waals surface area contributed by atoms with E-state index in [0.29, 0.717) is 28.0 Å². The first-order valence-electron chi connectivity index (χ1n) is 8.70. The van der Waals surface area contributed by atoms with Crippen LogP contribution >= 0.6 is 0 Å². The van der Waals surface area contributed by atoms with Crippen molar-refractivity contribution < 1.29 is 17.9 Å². The molecule has 0 fully saturated rings. The molecule has 0 amide bonds. The molecule has 148 valence electrons. The fourth-order valence-electron chi connectivity index (χ4n) is 2.97. The minimum Gasteiger partial charge on any atom is -0.493 e. The second kappa shape index (κ2) is 7.63. The lowest BCUT2D eigenvalue weighted by atomic mass is 10.1. The van der Waals surface area contributed by atoms with Crippen LogP contribution in [0.15, 0.2) is 41.3 Å². The predicted molar refractivity (Wildman–Crippen MR) is 109 cm³/mol. The third-order valence-corrected chi connectivity index (χ3v) is 5.60. The van der Waals surface area contributed by atoms with E-state index in [2.05, 4.69) is 15.3 Å². The van der Waals surface area contributed by atoms with Crippen molar-refractivity contribution >= 4 is 26.6 Å². The number of hydrogen-bond donors (Lipinski definition) is 1. The Labute approximate surface area is 164 Å². The molecule has 28 heavy (non-hydrogen) atoms. The number of methoxy groups -OCH3 is 2. The van der Waals surface area contributed by atoms with E-state index in [1.165, 1.54) is 6.26 Å². The Hall–Kier alpha value is -2.87. The molecule has 0 saturated carbocycles. The number of sulfone groups is 1. The third-order valence-electron chi connectivity index (χ3n) is 4.47. The Morgan fingerprint density at radius 3 is 2.18 bits per heavy atom. The van der Waals surface area contributed by atoms with Crippen LogP contribution < -0.4 is 14.8 Å². The molecule has 2 aromatic carbocycles. The summed E-state index contributed by atoms with van der Waals surface area (Å²) in [6, 6.07) is 10.4. The van der Waals surface area contributed by atoms with Gasteiger partial charge in [-0.25, -0.2) is 18.4 Å². The van der Waals surface area contributed by atoms with Gasteiger partial charge >= 0.3 is 0 Å². The van der Waals surface area contributed by atoms with Gasteiger partial charge in [0.25, 0.3) is 0 Å². The lowest BCUT2D eigenvalue weighted by Crippen LogP contribution is -2.10. The second-order valence-electron chi connectivity index (χ2n) is 6.55. The Bertz CT molecular complexity index is 1110. The van der Waals surface area contributed by atoms with E-state index in [-0.39, 0.29) is 6.04 Å². The number of anilines is 1. The first-order chi connectivity index (χ1) is 13.2. The van der Waals surface area contributed by atoms with Crippen LogP contribution in [0.1, 0.15) is 24.4 Å². The summed E-state index contributed by atoms with van der Waals surface area (Å²) >= 11 is 0. The molecule has 1 aromatic heterocycles. The molecule has 0 unspecified atom stereocenters. The van der Waals surface area contributed by atoms with Crippen LogP contribution in [0.4, 0.5) is 5.82 Å². The van der Waals surface area contributed by atoms with Gasteiger partial charge in [-0.05, 0) is 37.6 Å². The van der Waals surface area contributed by atoms with Gasteiger partial charge in [0.2, 0.25) is 0 Å². The zero-order valence-corrected chi connectivity index (χ0v) is 17.3. The van der Waals surface area contributed by atoms with Crippen LogP contribution in [0, 0.1) is 6.92 Å². The van der Waals surface area contributed by atoms with Gasteiger partial charge in [-0.1, -0.05) is 12.1 Å². The largest absolute Gasteiger partial charge is 0.493 e. The average Bonchev–Trinajstić information content (AvgIpc) is 2.66. The smallest absolute Gasteiger partial charge is 0.175 e. The standard InChI is InChI=1S/C20H23N3O4S/c1-12(14-6-8-15(9-7-14)28(5,24)25)21-20-16-10-18(26-3)19(27-4)11-17(16)22-13(2)23-20/h6-12H,1-5H3,(H,21,22,23)/t12-/m1/s1. The van der Waals surface area contributed by atoms with Crippen LogP contribution in [0.2, 0.25) is 0 Å². The molecule has 0 bridgehead atoms. The van der Waals surface area contributed by atoms with Gasteiger partial charge < -0.3 is 14.8 Å². The van der Waals surface area contributed by atoms with E-state index >= 15 is 0 Å². The highest BCUT2D eigenvalue weighted by atomic mass is 32.2. The molecule has 0 saturated heterocycles. The normalized spacial score (nSPS) is 12.6. The molecule has 0 aliphatic rings. The van der Waals surface area contributed by atoms with E-state index in [9.17, 15) is 8.42 Å². The molecule has 0 spiro atoms. The fraction of sp³-hybridized carbons (Fsp3) is 0.300. The van der Waals surface area contributed by atoms with Crippen molar-refractivity contribution in [1.82, 2.24) is 9.97 Å². The number of fused-ring (bicyclic) bond motifs is 1. The molecular weight excluding hydrogens is 378 g/mol. The lowest BCUT2D eigenvalue weighted by molar-refractivity contribution is 0.356. The number of hydrogen-bond acceptors (Lipinski definition) is 7. The van der Waals surface area contributed by atoms with Crippen molar-refractivity contribution in [2.75, 3.05) is 25.8 Å². The molecule has 0 aliphatic carbocycles. The van der Waals surface area contributed by atoms with Gasteiger partial charge in [0.1, 0.15) is 11.6 Å². The number of nitrogens with one attached hydrogen (secondary N) is 1. The Kier molecular flexibility index (Phi) is 5.42. The summed E-state index contributed by atoms with van der Waals surface area (Å²) in [6.07, 6.45) is 1.20. The molecule has 0 aliphatic heterocycles. The SMILES string of the molecule is COc1cc2nc(C)nc(N[C@H](C)c3ccc(S(C)(=O)=O)cc3)c2cc1OC. The Morgan fingerprint density at radius 1 is 1.00 bits per heavy atom. The van der Waals surface area contributed by atoms with E-state index in [1.807, 2.05) is 26.0 Å². The second-order valence-corrected chi connectivity index (χ2v) is 8.57. The highest BCUT2D eigenvalue weighted by Crippen LogP contribution is 2.35. The number of benzene rings is 2. The zero-order valence-electron chi connectivity index (χ0n) is 16.5. The topological polar surface area (TPSA) is 90.4 Å². The van der Waals surface area contributed by atoms with E-state index in [0.717, 1.165) is 16.5 Å². The molecule has 3 aromatic rings. The maximum absolute atomic E-state index is 11.6. The van der Waals surface area contributed by atoms with E-state index in [4.69, 9.17) is 9.47 Å². The molecule has 1 heterocycles. The van der Waals surface area contributed by atoms with Crippen molar-refractivity contribution in [3.05, 3.63) is 47.8 Å². The zero-order chi connectivity index (χ0) is 20.5. The summed E-state index contributed by atoms with van der Waals surface area (Å²) < 4.78 is 34.1. The number of nitrogens with zero attached hydrogens (tertiary/aromatic N) is 2. The maximum Gasteiger partial charge on any atom is 0.175 e. The van der Waals surface area contributed by atoms with Crippen molar-refractivity contribution in [3.8, 4) is 11.5 Å². The van der Waals surface area contributed by atoms with Crippen molar-refractivity contribution in [2.24, 2.45) is 0 Å². The van der Waals surface area contributed by atoms with Crippen LogP contribution in [0.3, 0.4) is 0 Å². The first kappa shape index (κ1) is 19.9. The fourth-order valence-corrected chi connectivity index (χ4v) is 3.60. The maximum atomic E-state index is 11.6. The van der Waals surface area contributed by atoms with Gasteiger partial charge in [-0.15, -0.1) is 0 Å². The molecule has 1 atom stereocenters. The monoisotopic (exact) mass is 401 g/mol. The first-order valence-corrected chi connectivity index (χ1v) is 10.6. The summed E-state index contributed by atoms with van der Waals surface area (Å²) in [7, 11) is -0.0561. The number of aromatic nitrogens is 2. The molecule has 1 N–H and O–H groups in total. The average molecular weight is 401 g/mol. The van der Waals surface area contributed by atoms with Crippen LogP contribution in [-0.2, 0) is 9.84 Å². The summed E-state index contributed by atoms with van der Waals surface area (Å²) in [5.41, 5.74) is 1.68. The Morgan fingerprint density at radius 2 is 1.61 bits per heavy atom. The highest BCUT2D eigenvalue weighted by molar-refractivity contribution is 7.90. The van der Waals surface area contributed by atoms with Crippen molar-refractivity contribution in [3.63, 3.8) is 0 Å². The van der Waals surface area contributed by atoms with E-state index in [1.54, 1.807) is 38.5 Å². The number of aryl methyl sites for hydroxylation is 1. The summed E-state index contributed by atoms with van der Waals surface area (Å²) in [5, 5.41) is 4.20. The number of rotatable bonds is 6. The molecule has 3 rings (SSSR count). The van der Waals surface area contributed by atoms with E-state index < -0.39 is 9.84 Å². The minimum atomic E-state index is -3.22. The third kappa shape index (κ3) is 4.01. The van der Waals surface area contributed by atoms with Gasteiger partial charge in [0, 0.05) is 23.8 Å². The summed E-state index contributed by atoms with van der Waals surface area (Å²) in [6.45, 7) is 3.81. The van der Waals surface area contributed by atoms with Crippen LogP contribution in [0.25, 0.3) is 10.9 Å². The lowest BCUT2D eigenvalue weighted by Gasteiger charge is -2.18. The van der Waals surface area contributed by atoms with Crippen molar-refractivity contribution in [1.29, 1.82) is 0 Å². The quantitative estimate of drug-likeness (QED) is 0.676. The molecule has 0 radical (unpaired) electrons. The number of ether oxygens (including phenoxy) is 2. The predicted octanol–water partition coefficient (Wildman–Crippen LogP) is 3.53. The molecule has 8 heteroatoms. The van der Waals surface area contributed by atoms with Gasteiger partial charge in [0.15, 0.2) is 21.3 Å². The molecule has 7 nitrogen and oxygen atoms in total. The minimum absolute atomic E-state index is 0.0980. The summed E-state index contributed by atoms with van der Waals surface area (Å²) in [5.74, 6) is 2.49. The molecular formula is C20H23N3O4S. The van der Waals surface area contributed by atoms with Crippen LogP contribution in [-0.4, -0.2) is 38.9 Å². The highest BCUT2D eigenvalue weighted by Gasteiger charge is 2.15. The van der Waals surface area contributed by atoms with Gasteiger partial charge in [0.05, 0.1) is 24.6 Å². The summed E-state index contributed by atoms with van der Waals surface area (Å²) in [4.78, 5) is 9.32.